The minimum Gasteiger partial charge on any atom is -0.392 e. The summed E-state index contributed by atoms with van der Waals surface area (Å²) in [5, 5.41) is 25.4. The molecule has 2 heterocycles. The lowest BCUT2D eigenvalue weighted by atomic mass is 9.99. The van der Waals surface area contributed by atoms with Crippen molar-refractivity contribution in [3.63, 3.8) is 0 Å². The molecule has 0 aliphatic carbocycles. The Hall–Kier alpha value is -4.01. The lowest BCUT2D eigenvalue weighted by molar-refractivity contribution is 0.0992. The fraction of sp³-hybridized carbons (Fsp3) is 0.160. The molecule has 4 aromatic rings. The maximum atomic E-state index is 13.5. The minimum absolute atomic E-state index is 0.316. The molecule has 0 saturated carbocycles. The van der Waals surface area contributed by atoms with Gasteiger partial charge in [0.25, 0.3) is 11.5 Å². The number of aliphatic hydroxyl groups is 2. The highest BCUT2D eigenvalue weighted by molar-refractivity contribution is 5.93. The topological polar surface area (TPSA) is 123 Å². The first kappa shape index (κ1) is 22.2. The van der Waals surface area contributed by atoms with Crippen LogP contribution in [-0.2, 0) is 20.3 Å². The molecule has 0 saturated heterocycles. The molecule has 168 valence electrons. The zero-order chi connectivity index (χ0) is 23.9. The zero-order valence-electron chi connectivity index (χ0n) is 18.4. The Morgan fingerprint density at radius 2 is 1.94 bits per heavy atom. The number of allylic oxidation sites excluding steroid dienone is 1. The number of carbonyl (C=O) groups is 1. The van der Waals surface area contributed by atoms with Crippen LogP contribution in [0.4, 0.5) is 0 Å². The summed E-state index contributed by atoms with van der Waals surface area (Å²) in [5.74, 6) is -0.566. The summed E-state index contributed by atoms with van der Waals surface area (Å²) in [6.45, 7) is 5.10. The quantitative estimate of drug-likeness (QED) is 0.422. The van der Waals surface area contributed by atoms with Crippen LogP contribution in [0.2, 0.25) is 0 Å². The molecule has 0 atom stereocenters. The second-order valence-corrected chi connectivity index (χ2v) is 7.95. The van der Waals surface area contributed by atoms with Gasteiger partial charge < -0.3 is 20.5 Å². The Kier molecular flexibility index (Phi) is 5.71. The third kappa shape index (κ3) is 3.75. The van der Waals surface area contributed by atoms with Gasteiger partial charge >= 0.3 is 0 Å². The Morgan fingerprint density at radius 1 is 1.18 bits per heavy atom. The molecule has 4 N–H and O–H groups in total. The van der Waals surface area contributed by atoms with Crippen LogP contribution in [0.1, 0.15) is 34.1 Å². The standard InChI is InChI=1S/C25H24N4O4/c1-14(2)15-7-16-10-27-29(25(33)23(16)18(8-15)12-30)21-6-4-5-19(20(21)13-31)17-9-22(24(26)32)28(3)11-17/h4-11,30-31H,1,12-13H2,2-3H3,(H2,26,32). The van der Waals surface area contributed by atoms with Gasteiger partial charge in [-0.1, -0.05) is 24.3 Å². The molecular weight excluding hydrogens is 420 g/mol. The van der Waals surface area contributed by atoms with E-state index in [9.17, 15) is 19.8 Å². The van der Waals surface area contributed by atoms with Crippen molar-refractivity contribution in [3.8, 4) is 16.8 Å². The molecule has 4 rings (SSSR count). The van der Waals surface area contributed by atoms with Crippen LogP contribution in [0.25, 0.3) is 33.2 Å². The maximum absolute atomic E-state index is 13.5. The molecule has 0 unspecified atom stereocenters. The summed E-state index contributed by atoms with van der Waals surface area (Å²) in [4.78, 5) is 25.1. The second-order valence-electron chi connectivity index (χ2n) is 7.95. The summed E-state index contributed by atoms with van der Waals surface area (Å²) < 4.78 is 2.83. The molecule has 0 spiro atoms. The van der Waals surface area contributed by atoms with E-state index in [0.29, 0.717) is 44.4 Å². The van der Waals surface area contributed by atoms with Crippen LogP contribution in [0.3, 0.4) is 0 Å². The first-order valence-corrected chi connectivity index (χ1v) is 10.3. The van der Waals surface area contributed by atoms with Gasteiger partial charge in [-0.15, -0.1) is 0 Å². The number of aromatic nitrogens is 3. The number of amides is 1. The van der Waals surface area contributed by atoms with Crippen LogP contribution >= 0.6 is 0 Å². The molecule has 8 nitrogen and oxygen atoms in total. The van der Waals surface area contributed by atoms with E-state index < -0.39 is 11.5 Å². The molecule has 8 heteroatoms. The van der Waals surface area contributed by atoms with Gasteiger partial charge in [-0.05, 0) is 47.9 Å². The fourth-order valence-electron chi connectivity index (χ4n) is 4.08. The van der Waals surface area contributed by atoms with Crippen molar-refractivity contribution in [2.45, 2.75) is 20.1 Å². The van der Waals surface area contributed by atoms with E-state index in [-0.39, 0.29) is 13.2 Å². The summed E-state index contributed by atoms with van der Waals surface area (Å²) in [7, 11) is 1.71. The number of nitrogens with zero attached hydrogens (tertiary/aromatic N) is 3. The molecule has 0 bridgehead atoms. The Morgan fingerprint density at radius 3 is 2.55 bits per heavy atom. The molecule has 0 aliphatic rings. The van der Waals surface area contributed by atoms with Gasteiger partial charge in [0, 0.05) is 29.8 Å². The predicted octanol–water partition coefficient (Wildman–Crippen LogP) is 2.51. The molecular formula is C25H24N4O4. The minimum atomic E-state index is -0.566. The molecule has 1 amide bonds. The van der Waals surface area contributed by atoms with Gasteiger partial charge in [-0.25, -0.2) is 0 Å². The zero-order valence-corrected chi connectivity index (χ0v) is 18.4. The van der Waals surface area contributed by atoms with E-state index in [1.807, 2.05) is 13.0 Å². The van der Waals surface area contributed by atoms with Gasteiger partial charge in [-0.3, -0.25) is 9.59 Å². The third-order valence-electron chi connectivity index (χ3n) is 5.74. The molecule has 2 aromatic heterocycles. The monoisotopic (exact) mass is 444 g/mol. The van der Waals surface area contributed by atoms with E-state index >= 15 is 0 Å². The number of nitrogens with two attached hydrogens (primary N) is 1. The largest absolute Gasteiger partial charge is 0.392 e. The van der Waals surface area contributed by atoms with Gasteiger partial charge in [0.05, 0.1) is 30.5 Å². The SMILES string of the molecule is C=C(C)c1cc(CO)c2c(=O)n(-c3cccc(-c4cc(C(N)=O)n(C)c4)c3CO)ncc2c1. The van der Waals surface area contributed by atoms with Crippen molar-refractivity contribution in [2.24, 2.45) is 12.8 Å². The lowest BCUT2D eigenvalue weighted by Gasteiger charge is -2.15. The molecule has 0 fully saturated rings. The first-order chi connectivity index (χ1) is 15.8. The predicted molar refractivity (Wildman–Crippen MR) is 127 cm³/mol. The Labute approximate surface area is 189 Å². The van der Waals surface area contributed by atoms with Crippen molar-refractivity contribution in [3.05, 3.63) is 88.1 Å². The highest BCUT2D eigenvalue weighted by Crippen LogP contribution is 2.30. The highest BCUT2D eigenvalue weighted by atomic mass is 16.3. The number of hydrogen-bond acceptors (Lipinski definition) is 5. The van der Waals surface area contributed by atoms with E-state index in [0.717, 1.165) is 11.1 Å². The first-order valence-electron chi connectivity index (χ1n) is 10.3. The summed E-state index contributed by atoms with van der Waals surface area (Å²) in [6.07, 6.45) is 3.29. The van der Waals surface area contributed by atoms with E-state index in [1.165, 1.54) is 4.68 Å². The third-order valence-corrected chi connectivity index (χ3v) is 5.74. The molecule has 0 radical (unpaired) electrons. The van der Waals surface area contributed by atoms with Crippen molar-refractivity contribution in [1.82, 2.24) is 14.3 Å². The number of hydrogen-bond donors (Lipinski definition) is 3. The average Bonchev–Trinajstić information content (AvgIpc) is 3.19. The maximum Gasteiger partial charge on any atom is 0.279 e. The lowest BCUT2D eigenvalue weighted by Crippen LogP contribution is -2.23. The van der Waals surface area contributed by atoms with Crippen molar-refractivity contribution >= 4 is 22.3 Å². The summed E-state index contributed by atoms with van der Waals surface area (Å²) in [6, 6.07) is 10.4. The van der Waals surface area contributed by atoms with E-state index in [2.05, 4.69) is 11.7 Å². The average molecular weight is 444 g/mol. The summed E-state index contributed by atoms with van der Waals surface area (Å²) in [5.41, 5.74) is 9.64. The van der Waals surface area contributed by atoms with Gasteiger partial charge in [-0.2, -0.15) is 9.78 Å². The Bertz CT molecular complexity index is 1480. The molecule has 0 aliphatic heterocycles. The van der Waals surface area contributed by atoms with Crippen molar-refractivity contribution in [2.75, 3.05) is 0 Å². The number of carbonyl (C=O) groups excluding carboxylic acids is 1. The van der Waals surface area contributed by atoms with Crippen LogP contribution in [-0.4, -0.2) is 30.5 Å². The van der Waals surface area contributed by atoms with Crippen LogP contribution in [0.5, 0.6) is 0 Å². The number of primary amides is 1. The second kappa shape index (κ2) is 8.50. The fourth-order valence-corrected chi connectivity index (χ4v) is 4.08. The molecule has 2 aromatic carbocycles. The van der Waals surface area contributed by atoms with Crippen LogP contribution < -0.4 is 11.3 Å². The van der Waals surface area contributed by atoms with Gasteiger partial charge in [0.1, 0.15) is 5.69 Å². The number of rotatable bonds is 6. The highest BCUT2D eigenvalue weighted by Gasteiger charge is 2.18. The van der Waals surface area contributed by atoms with Crippen LogP contribution in [0, 0.1) is 0 Å². The summed E-state index contributed by atoms with van der Waals surface area (Å²) >= 11 is 0. The molecule has 33 heavy (non-hydrogen) atoms. The van der Waals surface area contributed by atoms with E-state index in [4.69, 9.17) is 5.73 Å². The van der Waals surface area contributed by atoms with E-state index in [1.54, 1.807) is 54.3 Å². The number of fused-ring (bicyclic) bond motifs is 1. The number of aliphatic hydroxyl groups excluding tert-OH is 2. The smallest absolute Gasteiger partial charge is 0.279 e. The van der Waals surface area contributed by atoms with Crippen molar-refractivity contribution in [1.29, 1.82) is 0 Å². The Balaban J connectivity index is 1.96. The number of aryl methyl sites for hydroxylation is 1. The van der Waals surface area contributed by atoms with Crippen LogP contribution in [0.15, 0.2) is 60.2 Å². The number of benzene rings is 2. The van der Waals surface area contributed by atoms with Gasteiger partial charge in [0.2, 0.25) is 0 Å². The van der Waals surface area contributed by atoms with Crippen molar-refractivity contribution < 1.29 is 15.0 Å². The van der Waals surface area contributed by atoms with Gasteiger partial charge in [0.15, 0.2) is 0 Å². The normalized spacial score (nSPS) is 11.2.